The van der Waals surface area contributed by atoms with E-state index in [9.17, 15) is 0 Å². The molecule has 0 bridgehead atoms. The van der Waals surface area contributed by atoms with Crippen molar-refractivity contribution in [3.63, 3.8) is 0 Å². The summed E-state index contributed by atoms with van der Waals surface area (Å²) < 4.78 is 0. The molecule has 0 radical (unpaired) electrons. The normalized spacial score (nSPS) is 11.7. The van der Waals surface area contributed by atoms with Crippen molar-refractivity contribution in [3.8, 4) is 6.07 Å². The Labute approximate surface area is 97.5 Å². The Kier molecular flexibility index (Phi) is 2.99. The molecule has 0 saturated heterocycles. The van der Waals surface area contributed by atoms with Crippen molar-refractivity contribution >= 4 is 22.6 Å². The summed E-state index contributed by atoms with van der Waals surface area (Å²) in [6.07, 6.45) is 3.30. The van der Waals surface area contributed by atoms with Crippen LogP contribution in [0.15, 0.2) is 41.4 Å². The van der Waals surface area contributed by atoms with E-state index in [1.54, 1.807) is 29.8 Å². The maximum atomic E-state index is 9.14. The second kappa shape index (κ2) is 4.60. The number of hydrogen-bond donors (Lipinski definition) is 1. The molecule has 0 saturated carbocycles. The highest BCUT2D eigenvalue weighted by atomic mass is 32.1. The number of thiophene rings is 1. The van der Waals surface area contributed by atoms with E-state index < -0.39 is 0 Å². The molecule has 0 atom stereocenters. The Morgan fingerprint density at radius 2 is 2.25 bits per heavy atom. The van der Waals surface area contributed by atoms with Gasteiger partial charge in [0.05, 0.1) is 11.3 Å². The van der Waals surface area contributed by atoms with Crippen molar-refractivity contribution in [1.29, 1.82) is 5.26 Å². The fourth-order valence-corrected chi connectivity index (χ4v) is 2.01. The van der Waals surface area contributed by atoms with Crippen LogP contribution < -0.4 is 5.73 Å². The SMILES string of the molecule is N#C/C(=C(/N)c1ccsc1)c1cccnc1. The predicted molar refractivity (Wildman–Crippen MR) is 65.2 cm³/mol. The molecule has 16 heavy (non-hydrogen) atoms. The lowest BCUT2D eigenvalue weighted by atomic mass is 10.0. The zero-order valence-electron chi connectivity index (χ0n) is 8.42. The van der Waals surface area contributed by atoms with Crippen molar-refractivity contribution in [1.82, 2.24) is 4.98 Å². The van der Waals surface area contributed by atoms with Crippen LogP contribution in [-0.2, 0) is 0 Å². The van der Waals surface area contributed by atoms with Crippen LogP contribution in [0.5, 0.6) is 0 Å². The summed E-state index contributed by atoms with van der Waals surface area (Å²) in [6, 6.07) is 7.63. The maximum Gasteiger partial charge on any atom is 0.102 e. The van der Waals surface area contributed by atoms with Gasteiger partial charge in [-0.25, -0.2) is 0 Å². The van der Waals surface area contributed by atoms with Crippen LogP contribution in [0.25, 0.3) is 11.3 Å². The zero-order chi connectivity index (χ0) is 11.4. The molecule has 2 rings (SSSR count). The zero-order valence-corrected chi connectivity index (χ0v) is 9.24. The Morgan fingerprint density at radius 1 is 1.38 bits per heavy atom. The van der Waals surface area contributed by atoms with E-state index in [4.69, 9.17) is 11.0 Å². The quantitative estimate of drug-likeness (QED) is 0.802. The minimum absolute atomic E-state index is 0.464. The fourth-order valence-electron chi connectivity index (χ4n) is 1.35. The first-order valence-corrected chi connectivity index (χ1v) is 5.60. The summed E-state index contributed by atoms with van der Waals surface area (Å²) in [5.74, 6) is 0. The summed E-state index contributed by atoms with van der Waals surface area (Å²) in [6.45, 7) is 0. The van der Waals surface area contributed by atoms with Gasteiger partial charge in [0.25, 0.3) is 0 Å². The highest BCUT2D eigenvalue weighted by molar-refractivity contribution is 7.08. The van der Waals surface area contributed by atoms with Crippen molar-refractivity contribution < 1.29 is 0 Å². The summed E-state index contributed by atoms with van der Waals surface area (Å²) >= 11 is 1.55. The summed E-state index contributed by atoms with van der Waals surface area (Å²) in [4.78, 5) is 3.98. The van der Waals surface area contributed by atoms with Crippen molar-refractivity contribution in [2.24, 2.45) is 5.73 Å². The molecule has 4 heteroatoms. The van der Waals surface area contributed by atoms with Gasteiger partial charge < -0.3 is 5.73 Å². The summed E-state index contributed by atoms with van der Waals surface area (Å²) in [7, 11) is 0. The maximum absolute atomic E-state index is 9.14. The number of pyridine rings is 1. The van der Waals surface area contributed by atoms with E-state index in [0.29, 0.717) is 11.3 Å². The Morgan fingerprint density at radius 3 is 2.81 bits per heavy atom. The second-order valence-electron chi connectivity index (χ2n) is 3.15. The third kappa shape index (κ3) is 1.95. The van der Waals surface area contributed by atoms with Crippen LogP contribution in [0.2, 0.25) is 0 Å². The van der Waals surface area contributed by atoms with Gasteiger partial charge in [-0.05, 0) is 17.5 Å². The molecule has 3 nitrogen and oxygen atoms in total. The first kappa shape index (κ1) is 10.4. The second-order valence-corrected chi connectivity index (χ2v) is 3.93. The number of nitriles is 1. The van der Waals surface area contributed by atoms with E-state index in [-0.39, 0.29) is 0 Å². The van der Waals surface area contributed by atoms with Gasteiger partial charge in [0, 0.05) is 28.9 Å². The van der Waals surface area contributed by atoms with Gasteiger partial charge in [-0.1, -0.05) is 6.07 Å². The van der Waals surface area contributed by atoms with E-state index in [1.165, 1.54) is 0 Å². The van der Waals surface area contributed by atoms with Crippen LogP contribution in [0.1, 0.15) is 11.1 Å². The van der Waals surface area contributed by atoms with Gasteiger partial charge >= 0.3 is 0 Å². The molecule has 0 fully saturated rings. The Hall–Kier alpha value is -2.12. The van der Waals surface area contributed by atoms with Crippen LogP contribution in [-0.4, -0.2) is 4.98 Å². The average Bonchev–Trinajstić information content (AvgIpc) is 2.85. The molecule has 0 spiro atoms. The number of hydrogen-bond acceptors (Lipinski definition) is 4. The van der Waals surface area contributed by atoms with Gasteiger partial charge in [-0.2, -0.15) is 16.6 Å². The lowest BCUT2D eigenvalue weighted by Crippen LogP contribution is -1.99. The fraction of sp³-hybridized carbons (Fsp3) is 0. The van der Waals surface area contributed by atoms with Crippen molar-refractivity contribution in [2.45, 2.75) is 0 Å². The number of nitrogens with zero attached hydrogens (tertiary/aromatic N) is 2. The number of nitrogens with two attached hydrogens (primary N) is 1. The van der Waals surface area contributed by atoms with Gasteiger partial charge in [-0.3, -0.25) is 4.98 Å². The van der Waals surface area contributed by atoms with Gasteiger partial charge in [0.15, 0.2) is 0 Å². The first-order valence-electron chi connectivity index (χ1n) is 4.65. The topological polar surface area (TPSA) is 62.7 Å². The van der Waals surface area contributed by atoms with E-state index in [1.807, 2.05) is 22.9 Å². The number of allylic oxidation sites excluding steroid dienone is 1. The third-order valence-corrected chi connectivity index (χ3v) is 2.85. The third-order valence-electron chi connectivity index (χ3n) is 2.16. The monoisotopic (exact) mass is 227 g/mol. The molecule has 2 aromatic rings. The lowest BCUT2D eigenvalue weighted by molar-refractivity contribution is 1.31. The van der Waals surface area contributed by atoms with Crippen molar-refractivity contribution in [3.05, 3.63) is 52.5 Å². The molecule has 0 aliphatic heterocycles. The Balaban J connectivity index is 2.52. The molecule has 0 amide bonds. The molecule has 2 N–H and O–H groups in total. The number of aromatic nitrogens is 1. The van der Waals surface area contributed by atoms with Gasteiger partial charge in [0.2, 0.25) is 0 Å². The molecule has 0 aliphatic carbocycles. The summed E-state index contributed by atoms with van der Waals surface area (Å²) in [5.41, 5.74) is 8.55. The molecule has 0 aliphatic rings. The first-order chi connectivity index (χ1) is 7.83. The Bertz CT molecular complexity index is 535. The molecule has 0 aromatic carbocycles. The molecular weight excluding hydrogens is 218 g/mol. The smallest absolute Gasteiger partial charge is 0.102 e. The van der Waals surface area contributed by atoms with Crippen molar-refractivity contribution in [2.75, 3.05) is 0 Å². The van der Waals surface area contributed by atoms with E-state index >= 15 is 0 Å². The van der Waals surface area contributed by atoms with E-state index in [2.05, 4.69) is 11.1 Å². The van der Waals surface area contributed by atoms with Crippen LogP contribution in [0, 0.1) is 11.3 Å². The molecular formula is C12H9N3S. The van der Waals surface area contributed by atoms with E-state index in [0.717, 1.165) is 11.1 Å². The molecule has 0 unspecified atom stereocenters. The highest BCUT2D eigenvalue weighted by Crippen LogP contribution is 2.22. The van der Waals surface area contributed by atoms with Crippen LogP contribution in [0.3, 0.4) is 0 Å². The molecule has 2 heterocycles. The van der Waals surface area contributed by atoms with Gasteiger partial charge in [0.1, 0.15) is 6.07 Å². The molecule has 78 valence electrons. The number of rotatable bonds is 2. The van der Waals surface area contributed by atoms with Crippen LogP contribution in [0.4, 0.5) is 0 Å². The van der Waals surface area contributed by atoms with Crippen LogP contribution >= 0.6 is 11.3 Å². The largest absolute Gasteiger partial charge is 0.397 e. The standard InChI is InChI=1S/C12H9N3S/c13-6-11(9-2-1-4-15-7-9)12(14)10-3-5-16-8-10/h1-5,7-8H,14H2/b12-11-. The van der Waals surface area contributed by atoms with Gasteiger partial charge in [-0.15, -0.1) is 0 Å². The average molecular weight is 227 g/mol. The minimum atomic E-state index is 0.464. The minimum Gasteiger partial charge on any atom is -0.397 e. The lowest BCUT2D eigenvalue weighted by Gasteiger charge is -2.03. The summed E-state index contributed by atoms with van der Waals surface area (Å²) in [5, 5.41) is 13.0. The predicted octanol–water partition coefficient (Wildman–Crippen LogP) is 2.49. The molecule has 2 aromatic heterocycles. The highest BCUT2D eigenvalue weighted by Gasteiger charge is 2.08.